The third-order valence-electron chi connectivity index (χ3n) is 3.73. The summed E-state index contributed by atoms with van der Waals surface area (Å²) in [4.78, 5) is 23.0. The second-order valence-electron chi connectivity index (χ2n) is 5.63. The molecule has 0 fully saturated rings. The molecule has 0 bridgehead atoms. The van der Waals surface area contributed by atoms with Crippen LogP contribution in [0.5, 0.6) is 11.5 Å². The zero-order valence-electron chi connectivity index (χ0n) is 14.2. The van der Waals surface area contributed by atoms with Crippen LogP contribution in [0.4, 0.5) is 11.4 Å². The van der Waals surface area contributed by atoms with E-state index in [1.165, 1.54) is 29.1 Å². The fourth-order valence-electron chi connectivity index (χ4n) is 2.41. The fourth-order valence-corrected chi connectivity index (χ4v) is 2.41. The Hall–Kier alpha value is -3.68. The van der Waals surface area contributed by atoms with Gasteiger partial charge in [-0.05, 0) is 24.6 Å². The number of amides is 1. The van der Waals surface area contributed by atoms with Crippen LogP contribution in [-0.2, 0) is 7.05 Å². The van der Waals surface area contributed by atoms with Gasteiger partial charge < -0.3 is 10.1 Å². The Balaban J connectivity index is 1.91. The Morgan fingerprint density at radius 1 is 1.23 bits per heavy atom. The van der Waals surface area contributed by atoms with Crippen LogP contribution >= 0.6 is 0 Å². The third-order valence-corrected chi connectivity index (χ3v) is 3.73. The number of nitro groups is 1. The number of anilines is 1. The molecule has 8 nitrogen and oxygen atoms in total. The number of ether oxygens (including phenoxy) is 1. The van der Waals surface area contributed by atoms with Crippen LogP contribution in [0.2, 0.25) is 0 Å². The molecule has 0 radical (unpaired) electrons. The molecule has 0 aliphatic rings. The molecular weight excluding hydrogens is 336 g/mol. The summed E-state index contributed by atoms with van der Waals surface area (Å²) in [6, 6.07) is 13.0. The van der Waals surface area contributed by atoms with E-state index >= 15 is 0 Å². The number of hydrogen-bond acceptors (Lipinski definition) is 5. The molecule has 26 heavy (non-hydrogen) atoms. The van der Waals surface area contributed by atoms with Crippen LogP contribution < -0.4 is 10.1 Å². The second kappa shape index (κ2) is 7.06. The molecule has 3 rings (SSSR count). The van der Waals surface area contributed by atoms with Gasteiger partial charge in [-0.25, -0.2) is 0 Å². The summed E-state index contributed by atoms with van der Waals surface area (Å²) in [5.74, 6) is 0.415. The maximum atomic E-state index is 12.3. The van der Waals surface area contributed by atoms with Gasteiger partial charge in [0.15, 0.2) is 0 Å². The lowest BCUT2D eigenvalue weighted by Gasteiger charge is -2.11. The Kier molecular flexibility index (Phi) is 4.66. The first-order valence-corrected chi connectivity index (χ1v) is 7.76. The summed E-state index contributed by atoms with van der Waals surface area (Å²) in [6.07, 6.45) is 1.50. The number of non-ortho nitro benzene ring substituents is 1. The highest BCUT2D eigenvalue weighted by Gasteiger charge is 2.15. The van der Waals surface area contributed by atoms with Gasteiger partial charge in [0.25, 0.3) is 11.6 Å². The number of carbonyl (C=O) groups is 1. The summed E-state index contributed by atoms with van der Waals surface area (Å²) in [5, 5.41) is 17.8. The third kappa shape index (κ3) is 3.69. The molecule has 2 aromatic carbocycles. The Morgan fingerprint density at radius 3 is 2.65 bits per heavy atom. The number of benzene rings is 2. The van der Waals surface area contributed by atoms with E-state index < -0.39 is 10.8 Å². The molecule has 8 heteroatoms. The summed E-state index contributed by atoms with van der Waals surface area (Å²) in [7, 11) is 1.63. The first-order chi connectivity index (χ1) is 12.4. The predicted molar refractivity (Wildman–Crippen MR) is 95.5 cm³/mol. The van der Waals surface area contributed by atoms with Gasteiger partial charge in [-0.3, -0.25) is 19.6 Å². The number of nitro benzene ring substituents is 1. The van der Waals surface area contributed by atoms with E-state index in [4.69, 9.17) is 4.74 Å². The quantitative estimate of drug-likeness (QED) is 0.558. The molecule has 132 valence electrons. The summed E-state index contributed by atoms with van der Waals surface area (Å²) in [6.45, 7) is 1.87. The maximum absolute atomic E-state index is 12.3. The predicted octanol–water partition coefficient (Wildman–Crippen LogP) is 3.68. The number of hydrogen-bond donors (Lipinski definition) is 1. The van der Waals surface area contributed by atoms with Crippen molar-refractivity contribution in [3.63, 3.8) is 0 Å². The number of para-hydroxylation sites is 1. The number of aromatic nitrogens is 2. The molecule has 1 N–H and O–H groups in total. The Bertz CT molecular complexity index is 981. The van der Waals surface area contributed by atoms with Gasteiger partial charge in [-0.2, -0.15) is 5.10 Å². The van der Waals surface area contributed by atoms with Gasteiger partial charge in [-0.15, -0.1) is 0 Å². The van der Waals surface area contributed by atoms with Crippen molar-refractivity contribution >= 4 is 17.3 Å². The van der Waals surface area contributed by atoms with Crippen molar-refractivity contribution in [2.75, 3.05) is 5.32 Å². The topological polar surface area (TPSA) is 99.3 Å². The van der Waals surface area contributed by atoms with Gasteiger partial charge in [0, 0.05) is 25.4 Å². The minimum absolute atomic E-state index is 0.184. The normalized spacial score (nSPS) is 10.4. The highest BCUT2D eigenvalue weighted by Crippen LogP contribution is 2.31. The minimum Gasteiger partial charge on any atom is -0.457 e. The van der Waals surface area contributed by atoms with E-state index in [-0.39, 0.29) is 17.1 Å². The van der Waals surface area contributed by atoms with E-state index in [1.807, 2.05) is 25.1 Å². The van der Waals surface area contributed by atoms with E-state index in [9.17, 15) is 14.9 Å². The van der Waals surface area contributed by atoms with E-state index in [2.05, 4.69) is 10.4 Å². The lowest BCUT2D eigenvalue weighted by Crippen LogP contribution is -2.16. The minimum atomic E-state index is -0.537. The van der Waals surface area contributed by atoms with Crippen molar-refractivity contribution in [1.82, 2.24) is 9.78 Å². The van der Waals surface area contributed by atoms with Crippen LogP contribution in [0, 0.1) is 17.0 Å². The molecule has 1 aromatic heterocycles. The fraction of sp³-hybridized carbons (Fsp3) is 0.111. The molecule has 3 aromatic rings. The Morgan fingerprint density at radius 2 is 2.00 bits per heavy atom. The smallest absolute Gasteiger partial charge is 0.275 e. The highest BCUT2D eigenvalue weighted by molar-refractivity contribution is 6.03. The second-order valence-corrected chi connectivity index (χ2v) is 5.63. The van der Waals surface area contributed by atoms with Gasteiger partial charge in [0.05, 0.1) is 16.7 Å². The summed E-state index contributed by atoms with van der Waals surface area (Å²) in [5.41, 5.74) is 1.29. The lowest BCUT2D eigenvalue weighted by atomic mass is 10.2. The van der Waals surface area contributed by atoms with Gasteiger partial charge in [-0.1, -0.05) is 18.2 Å². The van der Waals surface area contributed by atoms with Gasteiger partial charge >= 0.3 is 0 Å². The van der Waals surface area contributed by atoms with Crippen molar-refractivity contribution in [2.24, 2.45) is 7.05 Å². The largest absolute Gasteiger partial charge is 0.457 e. The monoisotopic (exact) mass is 352 g/mol. The zero-order valence-corrected chi connectivity index (χ0v) is 14.2. The van der Waals surface area contributed by atoms with Crippen molar-refractivity contribution in [3.8, 4) is 11.5 Å². The first-order valence-electron chi connectivity index (χ1n) is 7.76. The summed E-state index contributed by atoms with van der Waals surface area (Å²) < 4.78 is 7.18. The first kappa shape index (κ1) is 17.2. The van der Waals surface area contributed by atoms with E-state index in [0.717, 1.165) is 5.56 Å². The van der Waals surface area contributed by atoms with Crippen molar-refractivity contribution in [1.29, 1.82) is 0 Å². The average Bonchev–Trinajstić information content (AvgIpc) is 3.03. The van der Waals surface area contributed by atoms with Crippen LogP contribution in [0.1, 0.15) is 16.1 Å². The number of nitrogens with zero attached hydrogens (tertiary/aromatic N) is 3. The van der Waals surface area contributed by atoms with E-state index in [1.54, 1.807) is 19.2 Å². The molecule has 0 saturated carbocycles. The maximum Gasteiger partial charge on any atom is 0.275 e. The molecule has 0 aliphatic carbocycles. The molecule has 0 atom stereocenters. The molecule has 1 heterocycles. The van der Waals surface area contributed by atoms with Crippen LogP contribution in [0.25, 0.3) is 0 Å². The zero-order chi connectivity index (χ0) is 18.7. The molecule has 0 aliphatic heterocycles. The Labute approximate surface area is 149 Å². The molecule has 1 amide bonds. The SMILES string of the molecule is Cc1ccccc1Oc1cc(NC(=O)c2ccnn2C)cc([N+](=O)[O-])c1. The number of rotatable bonds is 5. The molecule has 0 saturated heterocycles. The number of nitrogens with one attached hydrogen (secondary N) is 1. The van der Waals surface area contributed by atoms with Crippen LogP contribution in [-0.4, -0.2) is 20.6 Å². The van der Waals surface area contributed by atoms with Crippen LogP contribution in [0.3, 0.4) is 0 Å². The standard InChI is InChI=1S/C18H16N4O4/c1-12-5-3-4-6-17(12)26-15-10-13(9-14(11-15)22(24)25)20-18(23)16-7-8-19-21(16)2/h3-11H,1-2H3,(H,20,23). The number of aryl methyl sites for hydroxylation is 2. The van der Waals surface area contributed by atoms with Crippen molar-refractivity contribution in [3.05, 3.63) is 76.1 Å². The average molecular weight is 352 g/mol. The van der Waals surface area contributed by atoms with E-state index in [0.29, 0.717) is 11.4 Å². The lowest BCUT2D eigenvalue weighted by molar-refractivity contribution is -0.384. The molecule has 0 unspecified atom stereocenters. The summed E-state index contributed by atoms with van der Waals surface area (Å²) >= 11 is 0. The van der Waals surface area contributed by atoms with Crippen molar-refractivity contribution in [2.45, 2.75) is 6.92 Å². The van der Waals surface area contributed by atoms with Crippen molar-refractivity contribution < 1.29 is 14.5 Å². The van der Waals surface area contributed by atoms with Crippen LogP contribution in [0.15, 0.2) is 54.7 Å². The molecule has 0 spiro atoms. The number of carbonyl (C=O) groups excluding carboxylic acids is 1. The van der Waals surface area contributed by atoms with Gasteiger partial charge in [0.1, 0.15) is 17.2 Å². The molecular formula is C18H16N4O4. The van der Waals surface area contributed by atoms with Gasteiger partial charge in [0.2, 0.25) is 0 Å². The highest BCUT2D eigenvalue weighted by atomic mass is 16.6.